The lowest BCUT2D eigenvalue weighted by molar-refractivity contribution is -0.141. The van der Waals surface area contributed by atoms with Crippen molar-refractivity contribution in [1.29, 1.82) is 0 Å². The highest BCUT2D eigenvalue weighted by Crippen LogP contribution is 2.39. The Balaban J connectivity index is 1.84. The number of rotatable bonds is 6. The van der Waals surface area contributed by atoms with Crippen LogP contribution in [0.4, 0.5) is 26.3 Å². The number of benzene rings is 3. The third kappa shape index (κ3) is 6.75. The first-order valence-corrected chi connectivity index (χ1v) is 13.3. The van der Waals surface area contributed by atoms with Gasteiger partial charge in [-0.05, 0) is 56.7 Å². The predicted octanol–water partition coefficient (Wildman–Crippen LogP) is 7.34. The molecule has 1 heterocycles. The van der Waals surface area contributed by atoms with Gasteiger partial charge in [0.25, 0.3) is 5.56 Å². The summed E-state index contributed by atoms with van der Waals surface area (Å²) >= 11 is 0.679. The highest BCUT2D eigenvalue weighted by atomic mass is 32.2. The monoisotopic (exact) mass is 593 g/mol. The highest BCUT2D eigenvalue weighted by Gasteiger charge is 2.38. The van der Waals surface area contributed by atoms with E-state index >= 15 is 0 Å². The second-order valence-corrected chi connectivity index (χ2v) is 11.1. The summed E-state index contributed by atoms with van der Waals surface area (Å²) in [6.07, 6.45) is -10.1. The summed E-state index contributed by atoms with van der Waals surface area (Å²) in [7, 11) is 0. The number of thioether (sulfide) groups is 1. The normalized spacial score (nSPS) is 12.5. The number of carbonyl (C=O) groups excluding carboxylic acids is 1. The van der Waals surface area contributed by atoms with Gasteiger partial charge in [-0.25, -0.2) is 4.98 Å². The van der Waals surface area contributed by atoms with E-state index in [1.807, 2.05) is 51.1 Å². The van der Waals surface area contributed by atoms with E-state index in [1.165, 1.54) is 18.2 Å². The molecule has 5 nitrogen and oxygen atoms in total. The summed E-state index contributed by atoms with van der Waals surface area (Å²) in [5, 5.41) is -0.436. The van der Waals surface area contributed by atoms with Gasteiger partial charge in [0.15, 0.2) is 5.16 Å². The third-order valence-corrected chi connectivity index (χ3v) is 7.16. The van der Waals surface area contributed by atoms with Crippen molar-refractivity contribution >= 4 is 28.6 Å². The lowest BCUT2D eigenvalue weighted by atomic mass is 10.0. The average molecular weight is 594 g/mol. The largest absolute Gasteiger partial charge is 0.418 e. The van der Waals surface area contributed by atoms with Gasteiger partial charge in [0, 0.05) is 12.1 Å². The molecule has 216 valence electrons. The highest BCUT2D eigenvalue weighted by molar-refractivity contribution is 7.99. The molecule has 0 unspecified atom stereocenters. The van der Waals surface area contributed by atoms with Gasteiger partial charge in [-0.15, -0.1) is 0 Å². The van der Waals surface area contributed by atoms with Crippen LogP contribution < -0.4 is 5.56 Å². The first kappa shape index (κ1) is 30.2. The van der Waals surface area contributed by atoms with E-state index in [2.05, 4.69) is 4.98 Å². The second kappa shape index (κ2) is 11.2. The van der Waals surface area contributed by atoms with E-state index in [9.17, 15) is 35.9 Å². The van der Waals surface area contributed by atoms with E-state index < -0.39 is 46.2 Å². The second-order valence-electron chi connectivity index (χ2n) is 10.2. The van der Waals surface area contributed by atoms with Crippen LogP contribution in [0.25, 0.3) is 16.6 Å². The molecule has 4 aromatic rings. The summed E-state index contributed by atoms with van der Waals surface area (Å²) in [5.41, 5.74) is -4.50. The Kier molecular flexibility index (Phi) is 8.26. The van der Waals surface area contributed by atoms with Gasteiger partial charge in [-0.3, -0.25) is 14.2 Å². The molecule has 1 aromatic heterocycles. The molecule has 3 aromatic carbocycles. The van der Waals surface area contributed by atoms with Gasteiger partial charge >= 0.3 is 12.4 Å². The number of amides is 1. The molecule has 0 fully saturated rings. The van der Waals surface area contributed by atoms with Crippen molar-refractivity contribution in [3.8, 4) is 5.69 Å². The number of fused-ring (bicyclic) bond motifs is 1. The van der Waals surface area contributed by atoms with Crippen molar-refractivity contribution in [1.82, 2.24) is 14.5 Å². The van der Waals surface area contributed by atoms with Crippen LogP contribution in [0.1, 0.15) is 37.5 Å². The zero-order valence-electron chi connectivity index (χ0n) is 22.2. The minimum atomic E-state index is -5.08. The minimum absolute atomic E-state index is 0.0888. The van der Waals surface area contributed by atoms with Crippen molar-refractivity contribution in [2.45, 2.75) is 50.4 Å². The minimum Gasteiger partial charge on any atom is -0.333 e. The topological polar surface area (TPSA) is 55.2 Å². The van der Waals surface area contributed by atoms with Gasteiger partial charge < -0.3 is 4.90 Å². The first-order valence-electron chi connectivity index (χ1n) is 12.3. The Labute approximate surface area is 235 Å². The molecular weight excluding hydrogens is 568 g/mol. The van der Waals surface area contributed by atoms with Crippen LogP contribution in [0.5, 0.6) is 0 Å². The van der Waals surface area contributed by atoms with Crippen LogP contribution in [-0.2, 0) is 23.7 Å². The van der Waals surface area contributed by atoms with Gasteiger partial charge in [-0.2, -0.15) is 26.3 Å². The summed E-state index contributed by atoms with van der Waals surface area (Å²) in [5.74, 6) is -0.741. The standard InChI is InChI=1S/C29H25F6N3O2S/c1-27(2,3)37(16-18-9-5-4-6-10-18)24(39)17-41-26-36-22-12-8-7-11-20(22)25(40)38(26)23-15-19(28(30,31)32)13-14-21(23)29(33,34)35/h4-15H,16-17H2,1-3H3. The van der Waals surface area contributed by atoms with E-state index in [0.29, 0.717) is 28.5 Å². The number of hydrogen-bond acceptors (Lipinski definition) is 4. The molecule has 12 heteroatoms. The molecule has 0 aliphatic heterocycles. The van der Waals surface area contributed by atoms with Gasteiger partial charge in [0.2, 0.25) is 5.91 Å². The number of carbonyl (C=O) groups is 1. The molecule has 1 amide bonds. The van der Waals surface area contributed by atoms with Crippen LogP contribution in [0.15, 0.2) is 82.7 Å². The SMILES string of the molecule is CC(C)(C)N(Cc1ccccc1)C(=O)CSc1nc2ccccc2c(=O)n1-c1cc(C(F)(F)F)ccc1C(F)(F)F. The van der Waals surface area contributed by atoms with Crippen LogP contribution in [0.2, 0.25) is 0 Å². The Morgan fingerprint density at radius 1 is 0.878 bits per heavy atom. The fourth-order valence-electron chi connectivity index (χ4n) is 4.22. The van der Waals surface area contributed by atoms with Gasteiger partial charge in [0.1, 0.15) is 0 Å². The fourth-order valence-corrected chi connectivity index (χ4v) is 5.11. The third-order valence-electron chi connectivity index (χ3n) is 6.24. The Morgan fingerprint density at radius 3 is 2.12 bits per heavy atom. The van der Waals surface area contributed by atoms with Gasteiger partial charge in [-0.1, -0.05) is 54.2 Å². The number of alkyl halides is 6. The van der Waals surface area contributed by atoms with E-state index in [-0.39, 0.29) is 34.4 Å². The smallest absolute Gasteiger partial charge is 0.333 e. The average Bonchev–Trinajstić information content (AvgIpc) is 2.89. The number of para-hydroxylation sites is 1. The first-order chi connectivity index (χ1) is 19.1. The molecule has 0 aliphatic rings. The fraction of sp³-hybridized carbons (Fsp3) is 0.276. The molecule has 0 saturated carbocycles. The zero-order valence-corrected chi connectivity index (χ0v) is 23.0. The molecule has 0 radical (unpaired) electrons. The lowest BCUT2D eigenvalue weighted by Crippen LogP contribution is -2.46. The van der Waals surface area contributed by atoms with Crippen molar-refractivity contribution in [3.63, 3.8) is 0 Å². The van der Waals surface area contributed by atoms with Crippen molar-refractivity contribution in [2.24, 2.45) is 0 Å². The molecule has 4 rings (SSSR count). The number of aromatic nitrogens is 2. The van der Waals surface area contributed by atoms with Crippen molar-refractivity contribution in [2.75, 3.05) is 5.75 Å². The maximum absolute atomic E-state index is 14.0. The van der Waals surface area contributed by atoms with Crippen LogP contribution in [0.3, 0.4) is 0 Å². The molecule has 0 atom stereocenters. The van der Waals surface area contributed by atoms with E-state index in [1.54, 1.807) is 11.0 Å². The molecule has 0 spiro atoms. The maximum atomic E-state index is 14.0. The van der Waals surface area contributed by atoms with E-state index in [4.69, 9.17) is 0 Å². The summed E-state index contributed by atoms with van der Waals surface area (Å²) in [6.45, 7) is 5.70. The van der Waals surface area contributed by atoms with Crippen molar-refractivity contribution < 1.29 is 31.1 Å². The van der Waals surface area contributed by atoms with Crippen LogP contribution in [-0.4, -0.2) is 31.6 Å². The summed E-state index contributed by atoms with van der Waals surface area (Å²) in [6, 6.07) is 15.8. The summed E-state index contributed by atoms with van der Waals surface area (Å²) < 4.78 is 83.2. The predicted molar refractivity (Wildman–Crippen MR) is 145 cm³/mol. The van der Waals surface area contributed by atoms with Gasteiger partial charge in [0.05, 0.1) is 33.5 Å². The molecule has 0 bridgehead atoms. The quantitative estimate of drug-likeness (QED) is 0.133. The Bertz CT molecular complexity index is 1630. The van der Waals surface area contributed by atoms with Crippen LogP contribution >= 0.6 is 11.8 Å². The van der Waals surface area contributed by atoms with Crippen LogP contribution in [0, 0.1) is 0 Å². The number of hydrogen-bond donors (Lipinski definition) is 0. The Morgan fingerprint density at radius 2 is 1.51 bits per heavy atom. The molecule has 0 saturated heterocycles. The molecule has 41 heavy (non-hydrogen) atoms. The van der Waals surface area contributed by atoms with E-state index in [0.717, 1.165) is 5.56 Å². The number of nitrogens with zero attached hydrogens (tertiary/aromatic N) is 3. The van der Waals surface area contributed by atoms with Crippen molar-refractivity contribution in [3.05, 3.63) is 99.8 Å². The number of halogens is 6. The Hall–Kier alpha value is -3.80. The molecular formula is C29H25F6N3O2S. The molecule has 0 N–H and O–H groups in total. The lowest BCUT2D eigenvalue weighted by Gasteiger charge is -2.36. The summed E-state index contributed by atoms with van der Waals surface area (Å²) in [4.78, 5) is 32.9. The zero-order chi connectivity index (χ0) is 30.2. The molecule has 0 aliphatic carbocycles. The maximum Gasteiger partial charge on any atom is 0.418 e.